The van der Waals surface area contributed by atoms with E-state index in [4.69, 9.17) is 4.74 Å². The first-order chi connectivity index (χ1) is 9.31. The van der Waals surface area contributed by atoms with E-state index in [-0.39, 0.29) is 24.0 Å². The van der Waals surface area contributed by atoms with E-state index in [2.05, 4.69) is 42.6 Å². The van der Waals surface area contributed by atoms with Gasteiger partial charge in [-0.1, -0.05) is 48.5 Å². The van der Waals surface area contributed by atoms with Gasteiger partial charge in [-0.05, 0) is 37.7 Å². The van der Waals surface area contributed by atoms with Crippen LogP contribution in [0.3, 0.4) is 0 Å². The first-order valence-corrected chi connectivity index (χ1v) is 6.73. The summed E-state index contributed by atoms with van der Waals surface area (Å²) in [4.78, 5) is 0. The van der Waals surface area contributed by atoms with Crippen molar-refractivity contribution in [1.29, 1.82) is 0 Å². The van der Waals surface area contributed by atoms with Crippen molar-refractivity contribution in [1.82, 2.24) is 5.32 Å². The Bertz CT molecular complexity index is 505. The van der Waals surface area contributed by atoms with E-state index in [9.17, 15) is 0 Å². The minimum atomic E-state index is 0. The van der Waals surface area contributed by atoms with E-state index in [0.29, 0.717) is 0 Å². The van der Waals surface area contributed by atoms with Gasteiger partial charge in [0.25, 0.3) is 0 Å². The van der Waals surface area contributed by atoms with Crippen molar-refractivity contribution in [2.24, 2.45) is 0 Å². The number of rotatable bonds is 6. The number of hydrogen-bond donors (Lipinski definition) is 1. The van der Waals surface area contributed by atoms with E-state index in [1.165, 1.54) is 11.1 Å². The summed E-state index contributed by atoms with van der Waals surface area (Å²) in [7, 11) is 1.97. The standard InChI is InChI=1S/C17H21NO.ClH.H2O/c1-14-8-6-7-11-16(14)19-17(12-13-18-2)15-9-4-3-5-10-15;;/h3-11,17-18H,12-13H2,1-2H3;1H;1H2/t17-;;/m1../s1. The second-order valence-corrected chi connectivity index (χ2v) is 4.67. The van der Waals surface area contributed by atoms with Crippen molar-refractivity contribution < 1.29 is 10.2 Å². The third-order valence-corrected chi connectivity index (χ3v) is 3.19. The van der Waals surface area contributed by atoms with Crippen molar-refractivity contribution in [3.8, 4) is 5.75 Å². The fourth-order valence-corrected chi connectivity index (χ4v) is 2.08. The van der Waals surface area contributed by atoms with E-state index >= 15 is 0 Å². The predicted octanol–water partition coefficient (Wildman–Crippen LogP) is 3.32. The molecule has 21 heavy (non-hydrogen) atoms. The zero-order chi connectivity index (χ0) is 13.5. The van der Waals surface area contributed by atoms with Crippen LogP contribution >= 0.6 is 12.4 Å². The van der Waals surface area contributed by atoms with Gasteiger partial charge < -0.3 is 15.5 Å². The van der Waals surface area contributed by atoms with Gasteiger partial charge in [0.2, 0.25) is 0 Å². The highest BCUT2D eigenvalue weighted by molar-refractivity contribution is 5.85. The second kappa shape index (κ2) is 10.2. The summed E-state index contributed by atoms with van der Waals surface area (Å²) < 4.78 is 6.19. The smallest absolute Gasteiger partial charge is 0.125 e. The molecule has 0 radical (unpaired) electrons. The summed E-state index contributed by atoms with van der Waals surface area (Å²) >= 11 is 0. The minimum Gasteiger partial charge on any atom is -0.485 e. The number of halogens is 1. The molecule has 3 N–H and O–H groups in total. The van der Waals surface area contributed by atoms with Crippen LogP contribution in [-0.2, 0) is 0 Å². The molecule has 0 heterocycles. The molecular weight excluding hydrogens is 286 g/mol. The molecule has 0 unspecified atom stereocenters. The van der Waals surface area contributed by atoms with Gasteiger partial charge in [-0.25, -0.2) is 0 Å². The number of para-hydroxylation sites is 1. The molecule has 3 nitrogen and oxygen atoms in total. The molecule has 2 rings (SSSR count). The molecule has 2 aromatic rings. The number of aryl methyl sites for hydroxylation is 1. The molecule has 0 fully saturated rings. The fraction of sp³-hybridized carbons (Fsp3) is 0.294. The maximum absolute atomic E-state index is 6.19. The maximum atomic E-state index is 6.19. The van der Waals surface area contributed by atoms with Gasteiger partial charge in [-0.15, -0.1) is 12.4 Å². The summed E-state index contributed by atoms with van der Waals surface area (Å²) in [6.45, 7) is 3.01. The minimum absolute atomic E-state index is 0. The molecule has 0 bridgehead atoms. The number of ether oxygens (including phenoxy) is 1. The van der Waals surface area contributed by atoms with E-state index in [1.807, 2.05) is 31.3 Å². The molecule has 0 spiro atoms. The van der Waals surface area contributed by atoms with Crippen molar-refractivity contribution >= 4 is 12.4 Å². The molecule has 0 aliphatic carbocycles. The summed E-state index contributed by atoms with van der Waals surface area (Å²) in [6, 6.07) is 18.6. The van der Waals surface area contributed by atoms with Crippen LogP contribution in [-0.4, -0.2) is 19.1 Å². The van der Waals surface area contributed by atoms with Crippen LogP contribution in [0.5, 0.6) is 5.75 Å². The molecule has 0 saturated carbocycles. The Hall–Kier alpha value is -1.55. The summed E-state index contributed by atoms with van der Waals surface area (Å²) in [5, 5.41) is 3.19. The van der Waals surface area contributed by atoms with Crippen LogP contribution in [0.2, 0.25) is 0 Å². The molecule has 0 aliphatic rings. The Morgan fingerprint density at radius 2 is 1.62 bits per heavy atom. The number of hydrogen-bond acceptors (Lipinski definition) is 2. The Morgan fingerprint density at radius 1 is 1.00 bits per heavy atom. The van der Waals surface area contributed by atoms with Crippen LogP contribution < -0.4 is 10.1 Å². The van der Waals surface area contributed by atoms with E-state index in [0.717, 1.165) is 18.7 Å². The van der Waals surface area contributed by atoms with Crippen LogP contribution in [0, 0.1) is 6.92 Å². The highest BCUT2D eigenvalue weighted by Gasteiger charge is 2.13. The molecule has 0 aromatic heterocycles. The lowest BCUT2D eigenvalue weighted by molar-refractivity contribution is 0.193. The average Bonchev–Trinajstić information content (AvgIpc) is 2.46. The van der Waals surface area contributed by atoms with Gasteiger partial charge >= 0.3 is 0 Å². The Balaban J connectivity index is 0.00000200. The Labute approximate surface area is 133 Å². The quantitative estimate of drug-likeness (QED) is 0.890. The largest absolute Gasteiger partial charge is 0.485 e. The van der Waals surface area contributed by atoms with Gasteiger partial charge in [-0.3, -0.25) is 0 Å². The normalized spacial score (nSPS) is 11.0. The van der Waals surface area contributed by atoms with Gasteiger partial charge in [0.15, 0.2) is 0 Å². The summed E-state index contributed by atoms with van der Waals surface area (Å²) in [6.07, 6.45) is 1.05. The van der Waals surface area contributed by atoms with Gasteiger partial charge in [0.1, 0.15) is 11.9 Å². The van der Waals surface area contributed by atoms with Crippen molar-refractivity contribution in [3.05, 3.63) is 65.7 Å². The molecule has 4 heteroatoms. The third-order valence-electron chi connectivity index (χ3n) is 3.19. The first kappa shape index (κ1) is 19.4. The van der Waals surface area contributed by atoms with Crippen LogP contribution in [0.4, 0.5) is 0 Å². The fourth-order valence-electron chi connectivity index (χ4n) is 2.08. The van der Waals surface area contributed by atoms with Gasteiger partial charge in [-0.2, -0.15) is 0 Å². The molecule has 2 aromatic carbocycles. The lowest BCUT2D eigenvalue weighted by atomic mass is 10.1. The Kier molecular flexibility index (Phi) is 9.46. The van der Waals surface area contributed by atoms with Crippen LogP contribution in [0.25, 0.3) is 0 Å². The molecule has 1 atom stereocenters. The first-order valence-electron chi connectivity index (χ1n) is 6.73. The Morgan fingerprint density at radius 3 is 2.24 bits per heavy atom. The van der Waals surface area contributed by atoms with Gasteiger partial charge in [0.05, 0.1) is 0 Å². The molecular formula is C17H24ClNO2. The number of benzene rings is 2. The van der Waals surface area contributed by atoms with Crippen molar-refractivity contribution in [2.45, 2.75) is 19.4 Å². The predicted molar refractivity (Wildman–Crippen MR) is 90.4 cm³/mol. The number of nitrogens with one attached hydrogen (secondary N) is 1. The van der Waals surface area contributed by atoms with E-state index < -0.39 is 0 Å². The molecule has 0 amide bonds. The lowest BCUT2D eigenvalue weighted by Crippen LogP contribution is -2.16. The van der Waals surface area contributed by atoms with Crippen LogP contribution in [0.1, 0.15) is 23.7 Å². The zero-order valence-corrected chi connectivity index (χ0v) is 13.3. The SMILES string of the molecule is CNCC[C@@H](Oc1ccccc1C)c1ccccc1.Cl.O. The molecule has 116 valence electrons. The van der Waals surface area contributed by atoms with Gasteiger partial charge in [0, 0.05) is 6.42 Å². The molecule has 0 saturated heterocycles. The molecule has 0 aliphatic heterocycles. The van der Waals surface area contributed by atoms with Crippen LogP contribution in [0.15, 0.2) is 54.6 Å². The van der Waals surface area contributed by atoms with Crippen molar-refractivity contribution in [2.75, 3.05) is 13.6 Å². The summed E-state index contributed by atoms with van der Waals surface area (Å²) in [5.41, 5.74) is 2.40. The monoisotopic (exact) mass is 309 g/mol. The van der Waals surface area contributed by atoms with E-state index in [1.54, 1.807) is 0 Å². The lowest BCUT2D eigenvalue weighted by Gasteiger charge is -2.20. The average molecular weight is 310 g/mol. The second-order valence-electron chi connectivity index (χ2n) is 4.67. The highest BCUT2D eigenvalue weighted by atomic mass is 35.5. The highest BCUT2D eigenvalue weighted by Crippen LogP contribution is 2.26. The zero-order valence-electron chi connectivity index (χ0n) is 12.5. The maximum Gasteiger partial charge on any atom is 0.125 e. The van der Waals surface area contributed by atoms with Crippen molar-refractivity contribution in [3.63, 3.8) is 0 Å². The topological polar surface area (TPSA) is 52.8 Å². The summed E-state index contributed by atoms with van der Waals surface area (Å²) in [5.74, 6) is 0.965. The third kappa shape index (κ3) is 5.76.